The summed E-state index contributed by atoms with van der Waals surface area (Å²) in [6.07, 6.45) is 3.83. The Hall–Kier alpha value is -0.980. The van der Waals surface area contributed by atoms with Crippen molar-refractivity contribution >= 4 is 17.2 Å². The number of nitrogens with two attached hydrogens (primary N) is 1. The second-order valence-electron chi connectivity index (χ2n) is 4.73. The van der Waals surface area contributed by atoms with E-state index in [1.165, 1.54) is 0 Å². The third kappa shape index (κ3) is 3.51. The maximum absolute atomic E-state index is 5.69. The third-order valence-corrected chi connectivity index (χ3v) is 3.91. The molecule has 0 aromatic carbocycles. The van der Waals surface area contributed by atoms with Crippen molar-refractivity contribution in [1.29, 1.82) is 0 Å². The molecule has 1 aliphatic rings. The third-order valence-electron chi connectivity index (χ3n) is 3.57. The Morgan fingerprint density at radius 1 is 1.33 bits per heavy atom. The number of nitrogens with zero attached hydrogens (tertiary/aromatic N) is 4. The highest BCUT2D eigenvalue weighted by molar-refractivity contribution is 7.80. The summed E-state index contributed by atoms with van der Waals surface area (Å²) in [6, 6.07) is 2.18. The van der Waals surface area contributed by atoms with E-state index in [2.05, 4.69) is 21.8 Å². The molecular formula is C12H21N5S. The van der Waals surface area contributed by atoms with E-state index in [1.807, 2.05) is 23.1 Å². The van der Waals surface area contributed by atoms with Gasteiger partial charge in [0.2, 0.25) is 0 Å². The minimum absolute atomic E-state index is 0.216. The molecule has 2 rings (SSSR count). The largest absolute Gasteiger partial charge is 0.392 e. The van der Waals surface area contributed by atoms with Gasteiger partial charge in [-0.1, -0.05) is 12.2 Å². The normalized spacial score (nSPS) is 19.8. The Kier molecular flexibility index (Phi) is 4.68. The van der Waals surface area contributed by atoms with E-state index in [0.29, 0.717) is 4.99 Å². The van der Waals surface area contributed by atoms with Gasteiger partial charge in [0.1, 0.15) is 0 Å². The van der Waals surface area contributed by atoms with E-state index < -0.39 is 0 Å². The highest BCUT2D eigenvalue weighted by Gasteiger charge is 2.21. The van der Waals surface area contributed by atoms with Gasteiger partial charge < -0.3 is 5.73 Å². The average Bonchev–Trinajstić information content (AvgIpc) is 2.89. The molecule has 1 saturated heterocycles. The molecule has 18 heavy (non-hydrogen) atoms. The molecule has 2 N–H and O–H groups in total. The Morgan fingerprint density at radius 2 is 2.06 bits per heavy atom. The van der Waals surface area contributed by atoms with Gasteiger partial charge in [-0.15, -0.1) is 0 Å². The van der Waals surface area contributed by atoms with Crippen LogP contribution in [0.25, 0.3) is 0 Å². The number of thiocarbonyl (C=S) groups is 1. The zero-order valence-corrected chi connectivity index (χ0v) is 11.6. The first kappa shape index (κ1) is 13.5. The number of aromatic nitrogens is 2. The molecule has 2 heterocycles. The standard InChI is InChI=1S/C12H21N5S/c1-11(12(13)18)16-8-5-15(6-9-16)7-10-17-4-2-3-14-17/h2-4,11H,5-10H2,1H3,(H2,13,18). The van der Waals surface area contributed by atoms with Crippen LogP contribution in [-0.2, 0) is 6.54 Å². The predicted octanol–water partition coefficient (Wildman–Crippen LogP) is 0.175. The summed E-state index contributed by atoms with van der Waals surface area (Å²) >= 11 is 5.04. The molecule has 6 heteroatoms. The molecule has 0 aliphatic carbocycles. The van der Waals surface area contributed by atoms with Crippen molar-refractivity contribution in [3.05, 3.63) is 18.5 Å². The van der Waals surface area contributed by atoms with Crippen molar-refractivity contribution in [2.75, 3.05) is 32.7 Å². The van der Waals surface area contributed by atoms with Crippen molar-refractivity contribution in [2.45, 2.75) is 19.5 Å². The summed E-state index contributed by atoms with van der Waals surface area (Å²) in [6.45, 7) is 8.33. The number of rotatable bonds is 5. The van der Waals surface area contributed by atoms with Crippen molar-refractivity contribution in [3.63, 3.8) is 0 Å². The van der Waals surface area contributed by atoms with Crippen LogP contribution in [0, 0.1) is 0 Å². The summed E-state index contributed by atoms with van der Waals surface area (Å²) < 4.78 is 1.98. The second kappa shape index (κ2) is 6.26. The Labute approximate surface area is 114 Å². The van der Waals surface area contributed by atoms with Crippen molar-refractivity contribution < 1.29 is 0 Å². The SMILES string of the molecule is CC(C(N)=S)N1CCN(CCn2cccn2)CC1. The van der Waals surface area contributed by atoms with Crippen LogP contribution in [0.3, 0.4) is 0 Å². The quantitative estimate of drug-likeness (QED) is 0.771. The molecule has 1 aromatic heterocycles. The molecule has 1 fully saturated rings. The zero-order chi connectivity index (χ0) is 13.0. The smallest absolute Gasteiger partial charge is 0.0899 e. The summed E-state index contributed by atoms with van der Waals surface area (Å²) in [7, 11) is 0. The number of hydrogen-bond acceptors (Lipinski definition) is 4. The van der Waals surface area contributed by atoms with Crippen LogP contribution >= 0.6 is 12.2 Å². The van der Waals surface area contributed by atoms with Crippen LogP contribution in [0.2, 0.25) is 0 Å². The van der Waals surface area contributed by atoms with Crippen LogP contribution in [-0.4, -0.2) is 63.3 Å². The summed E-state index contributed by atoms with van der Waals surface area (Å²) in [5.74, 6) is 0. The summed E-state index contributed by atoms with van der Waals surface area (Å²) in [5.41, 5.74) is 5.69. The maximum atomic E-state index is 5.69. The minimum Gasteiger partial charge on any atom is -0.392 e. The van der Waals surface area contributed by atoms with Crippen LogP contribution in [0.15, 0.2) is 18.5 Å². The molecule has 0 amide bonds. The van der Waals surface area contributed by atoms with E-state index >= 15 is 0 Å². The highest BCUT2D eigenvalue weighted by Crippen LogP contribution is 2.06. The topological polar surface area (TPSA) is 50.3 Å². The molecule has 0 bridgehead atoms. The maximum Gasteiger partial charge on any atom is 0.0899 e. The highest BCUT2D eigenvalue weighted by atomic mass is 32.1. The fourth-order valence-electron chi connectivity index (χ4n) is 2.23. The molecular weight excluding hydrogens is 246 g/mol. The van der Waals surface area contributed by atoms with Crippen LogP contribution < -0.4 is 5.73 Å². The first-order valence-electron chi connectivity index (χ1n) is 6.40. The molecule has 1 unspecified atom stereocenters. The molecule has 100 valence electrons. The summed E-state index contributed by atoms with van der Waals surface area (Å²) in [4.78, 5) is 5.41. The molecule has 0 saturated carbocycles. The Balaban J connectivity index is 1.72. The van der Waals surface area contributed by atoms with Gasteiger partial charge in [-0.05, 0) is 13.0 Å². The Morgan fingerprint density at radius 3 is 2.61 bits per heavy atom. The lowest BCUT2D eigenvalue weighted by Gasteiger charge is -2.37. The van der Waals surface area contributed by atoms with Gasteiger partial charge in [-0.3, -0.25) is 14.5 Å². The number of hydrogen-bond donors (Lipinski definition) is 1. The number of piperazine rings is 1. The molecule has 0 spiro atoms. The lowest BCUT2D eigenvalue weighted by Crippen LogP contribution is -2.53. The molecule has 1 atom stereocenters. The predicted molar refractivity (Wildman–Crippen MR) is 76.5 cm³/mol. The van der Waals surface area contributed by atoms with Crippen molar-refractivity contribution in [2.24, 2.45) is 5.73 Å². The van der Waals surface area contributed by atoms with Crippen LogP contribution in [0.5, 0.6) is 0 Å². The van der Waals surface area contributed by atoms with Gasteiger partial charge in [0.15, 0.2) is 0 Å². The monoisotopic (exact) mass is 267 g/mol. The minimum atomic E-state index is 0.216. The average molecular weight is 267 g/mol. The van der Waals surface area contributed by atoms with Gasteiger partial charge in [0, 0.05) is 45.1 Å². The molecule has 5 nitrogen and oxygen atoms in total. The lowest BCUT2D eigenvalue weighted by atomic mass is 10.2. The van der Waals surface area contributed by atoms with Crippen molar-refractivity contribution in [3.8, 4) is 0 Å². The Bertz CT molecular complexity index is 370. The van der Waals surface area contributed by atoms with Crippen LogP contribution in [0.1, 0.15) is 6.92 Å². The van der Waals surface area contributed by atoms with E-state index in [4.69, 9.17) is 18.0 Å². The van der Waals surface area contributed by atoms with E-state index in [1.54, 1.807) is 0 Å². The van der Waals surface area contributed by atoms with E-state index in [0.717, 1.165) is 39.3 Å². The van der Waals surface area contributed by atoms with Crippen LogP contribution in [0.4, 0.5) is 0 Å². The zero-order valence-electron chi connectivity index (χ0n) is 10.8. The molecule has 0 radical (unpaired) electrons. The van der Waals surface area contributed by atoms with E-state index in [-0.39, 0.29) is 6.04 Å². The van der Waals surface area contributed by atoms with Gasteiger partial charge in [0.05, 0.1) is 17.6 Å². The van der Waals surface area contributed by atoms with Crippen molar-refractivity contribution in [1.82, 2.24) is 19.6 Å². The van der Waals surface area contributed by atoms with Gasteiger partial charge in [-0.2, -0.15) is 5.10 Å². The van der Waals surface area contributed by atoms with Gasteiger partial charge in [-0.25, -0.2) is 0 Å². The first-order valence-corrected chi connectivity index (χ1v) is 6.81. The molecule has 1 aliphatic heterocycles. The fourth-order valence-corrected chi connectivity index (χ4v) is 2.38. The molecule has 1 aromatic rings. The second-order valence-corrected chi connectivity index (χ2v) is 5.20. The summed E-state index contributed by atoms with van der Waals surface area (Å²) in [5, 5.41) is 4.21. The van der Waals surface area contributed by atoms with Gasteiger partial charge in [0.25, 0.3) is 0 Å². The van der Waals surface area contributed by atoms with Gasteiger partial charge >= 0.3 is 0 Å². The first-order chi connectivity index (χ1) is 8.66. The fraction of sp³-hybridized carbons (Fsp3) is 0.667. The lowest BCUT2D eigenvalue weighted by molar-refractivity contribution is 0.119. The van der Waals surface area contributed by atoms with E-state index in [9.17, 15) is 0 Å².